The summed E-state index contributed by atoms with van der Waals surface area (Å²) in [7, 11) is -4.35. The summed E-state index contributed by atoms with van der Waals surface area (Å²) in [6.07, 6.45) is 13.0. The van der Waals surface area contributed by atoms with Crippen LogP contribution >= 0.6 is 0 Å². The molecule has 7 unspecified atom stereocenters. The molecular weight excluding hydrogens is 420 g/mol. The Labute approximate surface area is 190 Å². The van der Waals surface area contributed by atoms with Gasteiger partial charge in [0.1, 0.15) is 4.90 Å². The minimum absolute atomic E-state index is 0.0607. The largest absolute Gasteiger partial charge is 0.392 e. The summed E-state index contributed by atoms with van der Waals surface area (Å²) in [5.74, 6) is 4.41. The molecule has 0 heterocycles. The number of aliphatic hydroxyl groups is 1. The highest BCUT2D eigenvalue weighted by atomic mass is 32.2. The standard InChI is InChI=1S/C27H34O4S/c28-13-16-4-22(25-7-15-1-18(10-25)19(2-15)11-25)24(32(29,30)31)23(5-16)26-8-17-3-20-6-21(12-26)27(20,9-17)14-26/h4-5,15,17-21,28H,1-3,6-14H2,(H,29,30,31). The number of fused-ring (bicyclic) bond motifs is 2. The van der Waals surface area contributed by atoms with Crippen LogP contribution in [0, 0.1) is 40.9 Å². The molecule has 0 radical (unpaired) electrons. The lowest BCUT2D eigenvalue weighted by Crippen LogP contribution is -2.42. The first kappa shape index (κ1) is 19.4. The van der Waals surface area contributed by atoms with Gasteiger partial charge in [-0.05, 0) is 139 Å². The van der Waals surface area contributed by atoms with Crippen molar-refractivity contribution >= 4 is 10.1 Å². The van der Waals surface area contributed by atoms with Gasteiger partial charge in [-0.3, -0.25) is 4.55 Å². The van der Waals surface area contributed by atoms with E-state index in [0.717, 1.165) is 78.9 Å². The van der Waals surface area contributed by atoms with Crippen molar-refractivity contribution in [2.24, 2.45) is 40.9 Å². The van der Waals surface area contributed by atoms with E-state index in [2.05, 4.69) is 0 Å². The van der Waals surface area contributed by atoms with Gasteiger partial charge in [-0.1, -0.05) is 12.1 Å². The molecule has 1 aromatic carbocycles. The molecule has 0 aliphatic heterocycles. The van der Waals surface area contributed by atoms with Crippen molar-refractivity contribution in [2.45, 2.75) is 93.0 Å². The number of rotatable bonds is 4. The lowest BCUT2D eigenvalue weighted by Gasteiger charge is -2.49. The van der Waals surface area contributed by atoms with Gasteiger partial charge in [0.25, 0.3) is 10.1 Å². The molecule has 0 aromatic heterocycles. The summed E-state index contributed by atoms with van der Waals surface area (Å²) < 4.78 is 37.0. The summed E-state index contributed by atoms with van der Waals surface area (Å²) in [6, 6.07) is 3.96. The van der Waals surface area contributed by atoms with Crippen LogP contribution in [0.25, 0.3) is 0 Å². The summed E-state index contributed by atoms with van der Waals surface area (Å²) >= 11 is 0. The fraction of sp³-hybridized carbons (Fsp3) is 0.778. The van der Waals surface area contributed by atoms with Gasteiger partial charge in [-0.2, -0.15) is 8.42 Å². The van der Waals surface area contributed by atoms with Crippen molar-refractivity contribution in [3.05, 3.63) is 28.8 Å². The highest BCUT2D eigenvalue weighted by Crippen LogP contribution is 2.79. The van der Waals surface area contributed by atoms with Crippen LogP contribution in [0.15, 0.2) is 17.0 Å². The number of aliphatic hydroxyl groups excluding tert-OH is 1. The first-order chi connectivity index (χ1) is 15.2. The van der Waals surface area contributed by atoms with Gasteiger partial charge >= 0.3 is 0 Å². The average molecular weight is 455 g/mol. The Morgan fingerprint density at radius 3 is 2.16 bits per heavy atom. The van der Waals surface area contributed by atoms with Crippen LogP contribution in [0.2, 0.25) is 0 Å². The van der Waals surface area contributed by atoms with E-state index in [4.69, 9.17) is 0 Å². The van der Waals surface area contributed by atoms with Crippen molar-refractivity contribution in [3.8, 4) is 0 Å². The van der Waals surface area contributed by atoms with Crippen LogP contribution in [-0.4, -0.2) is 18.1 Å². The van der Waals surface area contributed by atoms with Crippen molar-refractivity contribution < 1.29 is 18.1 Å². The maximum absolute atomic E-state index is 13.2. The second-order valence-corrected chi connectivity index (χ2v) is 14.8. The average Bonchev–Trinajstić information content (AvgIpc) is 3.30. The normalized spacial score (nSPS) is 51.4. The zero-order valence-electron chi connectivity index (χ0n) is 18.7. The van der Waals surface area contributed by atoms with Crippen LogP contribution in [0.4, 0.5) is 0 Å². The molecule has 1 spiro atoms. The molecule has 1 aromatic rings. The predicted octanol–water partition coefficient (Wildman–Crippen LogP) is 4.97. The molecule has 4 nitrogen and oxygen atoms in total. The zero-order valence-corrected chi connectivity index (χ0v) is 19.5. The quantitative estimate of drug-likeness (QED) is 0.630. The first-order valence-electron chi connectivity index (χ1n) is 13.0. The van der Waals surface area contributed by atoms with Crippen LogP contribution in [-0.2, 0) is 27.6 Å². The minimum Gasteiger partial charge on any atom is -0.392 e. The van der Waals surface area contributed by atoms with Crippen molar-refractivity contribution in [2.75, 3.05) is 0 Å². The van der Waals surface area contributed by atoms with Gasteiger partial charge < -0.3 is 5.11 Å². The minimum atomic E-state index is -4.35. The van der Waals surface area contributed by atoms with Crippen LogP contribution < -0.4 is 0 Å². The molecule has 7 atom stereocenters. The molecule has 0 saturated heterocycles. The molecule has 8 fully saturated rings. The third kappa shape index (κ3) is 2.16. The molecule has 8 aliphatic carbocycles. The molecule has 32 heavy (non-hydrogen) atoms. The monoisotopic (exact) mass is 454 g/mol. The number of benzene rings is 1. The Morgan fingerprint density at radius 2 is 1.50 bits per heavy atom. The predicted molar refractivity (Wildman–Crippen MR) is 120 cm³/mol. The van der Waals surface area contributed by atoms with E-state index in [1.807, 2.05) is 12.1 Å². The fourth-order valence-electron chi connectivity index (χ4n) is 11.7. The molecular formula is C27H34O4S. The molecule has 8 saturated carbocycles. The molecule has 5 heteroatoms. The molecule has 2 N–H and O–H groups in total. The second kappa shape index (κ2) is 5.66. The third-order valence-electron chi connectivity index (χ3n) is 12.1. The Bertz CT molecular complexity index is 1130. The van der Waals surface area contributed by atoms with E-state index in [0.29, 0.717) is 17.3 Å². The van der Waals surface area contributed by atoms with E-state index >= 15 is 0 Å². The van der Waals surface area contributed by atoms with E-state index in [1.54, 1.807) is 0 Å². The lowest BCUT2D eigenvalue weighted by atomic mass is 9.55. The molecule has 8 aliphatic rings. The summed E-state index contributed by atoms with van der Waals surface area (Å²) in [4.78, 5) is 0.271. The van der Waals surface area contributed by atoms with Gasteiger partial charge in [-0.15, -0.1) is 0 Å². The smallest absolute Gasteiger partial charge is 0.295 e. The summed E-state index contributed by atoms with van der Waals surface area (Å²) in [5.41, 5.74) is 2.80. The first-order valence-corrected chi connectivity index (χ1v) is 14.4. The zero-order chi connectivity index (χ0) is 21.7. The molecule has 7 bridgehead atoms. The molecule has 0 amide bonds. The Balaban J connectivity index is 1.37. The van der Waals surface area contributed by atoms with Crippen molar-refractivity contribution in [1.82, 2.24) is 0 Å². The van der Waals surface area contributed by atoms with E-state index in [9.17, 15) is 18.1 Å². The number of hydrogen-bond acceptors (Lipinski definition) is 3. The highest BCUT2D eigenvalue weighted by Gasteiger charge is 2.71. The van der Waals surface area contributed by atoms with Gasteiger partial charge in [0.05, 0.1) is 6.61 Å². The Hall–Kier alpha value is -0.910. The van der Waals surface area contributed by atoms with E-state index in [-0.39, 0.29) is 22.3 Å². The van der Waals surface area contributed by atoms with Gasteiger partial charge in [0, 0.05) is 0 Å². The van der Waals surface area contributed by atoms with Gasteiger partial charge in [-0.25, -0.2) is 0 Å². The van der Waals surface area contributed by atoms with E-state index in [1.165, 1.54) is 32.1 Å². The van der Waals surface area contributed by atoms with Gasteiger partial charge in [0.15, 0.2) is 0 Å². The molecule has 172 valence electrons. The van der Waals surface area contributed by atoms with Crippen LogP contribution in [0.5, 0.6) is 0 Å². The maximum Gasteiger partial charge on any atom is 0.295 e. The SMILES string of the molecule is O=S(=O)(O)c1c(C23CC4CC(C2)C(C4)C3)cc(CO)cc1C12CC3CC4CC(C1)C4(C3)C2. The van der Waals surface area contributed by atoms with Crippen LogP contribution in [0.1, 0.15) is 87.3 Å². The third-order valence-corrected chi connectivity index (χ3v) is 13.1. The fourth-order valence-corrected chi connectivity index (χ4v) is 12.8. The van der Waals surface area contributed by atoms with Crippen molar-refractivity contribution in [1.29, 1.82) is 0 Å². The lowest BCUT2D eigenvalue weighted by molar-refractivity contribution is -0.000222. The summed E-state index contributed by atoms with van der Waals surface area (Å²) in [6.45, 7) is -0.0607. The summed E-state index contributed by atoms with van der Waals surface area (Å²) in [5, 5.41) is 10.2. The Kier molecular flexibility index (Phi) is 3.43. The molecule has 9 rings (SSSR count). The Morgan fingerprint density at radius 1 is 0.812 bits per heavy atom. The highest BCUT2D eigenvalue weighted by molar-refractivity contribution is 7.86. The number of hydrogen-bond donors (Lipinski definition) is 2. The van der Waals surface area contributed by atoms with Gasteiger partial charge in [0.2, 0.25) is 0 Å². The topological polar surface area (TPSA) is 74.6 Å². The van der Waals surface area contributed by atoms with E-state index < -0.39 is 10.1 Å². The van der Waals surface area contributed by atoms with Crippen molar-refractivity contribution in [3.63, 3.8) is 0 Å². The maximum atomic E-state index is 13.2. The second-order valence-electron chi connectivity index (χ2n) is 13.4. The van der Waals surface area contributed by atoms with Crippen LogP contribution in [0.3, 0.4) is 0 Å².